The average Bonchev–Trinajstić information content (AvgIpc) is 3.62. The molecule has 1 saturated heterocycles. The molecule has 1 aliphatic heterocycles. The number of hydrogen-bond donors (Lipinski definition) is 1. The van der Waals surface area contributed by atoms with Crippen LogP contribution < -0.4 is 14.8 Å². The first kappa shape index (κ1) is 25.9. The molecule has 1 aromatic carbocycles. The minimum atomic E-state index is 0.0571. The zero-order valence-corrected chi connectivity index (χ0v) is 21.1. The van der Waals surface area contributed by atoms with Crippen molar-refractivity contribution in [1.82, 2.24) is 15.0 Å². The third-order valence-corrected chi connectivity index (χ3v) is 6.79. The normalized spacial score (nSPS) is 21.2. The van der Waals surface area contributed by atoms with E-state index in [1.54, 1.807) is 14.2 Å². The van der Waals surface area contributed by atoms with Gasteiger partial charge < -0.3 is 29.2 Å². The molecule has 2 aliphatic rings. The lowest BCUT2D eigenvalue weighted by Crippen LogP contribution is -2.55. The molecule has 7 nitrogen and oxygen atoms in total. The number of nitrogens with zero attached hydrogens (tertiary/aromatic N) is 2. The molecule has 1 aliphatic carbocycles. The Morgan fingerprint density at radius 1 is 1.18 bits per heavy atom. The van der Waals surface area contributed by atoms with Crippen LogP contribution in [-0.4, -0.2) is 88.3 Å². The molecule has 0 radical (unpaired) electrons. The monoisotopic (exact) mass is 459 g/mol. The Morgan fingerprint density at radius 2 is 1.97 bits per heavy atom. The summed E-state index contributed by atoms with van der Waals surface area (Å²) in [6.07, 6.45) is 6.79. The average molecular weight is 459 g/mol. The molecule has 0 bridgehead atoms. The lowest BCUT2D eigenvalue weighted by atomic mass is 9.91. The number of carbonyl (C=O) groups excluding carboxylic acids is 1. The number of methoxy groups -OCH3 is 2. The van der Waals surface area contributed by atoms with E-state index in [2.05, 4.69) is 36.9 Å². The van der Waals surface area contributed by atoms with E-state index in [9.17, 15) is 4.79 Å². The van der Waals surface area contributed by atoms with Gasteiger partial charge in [0.25, 0.3) is 5.91 Å². The Kier molecular flexibility index (Phi) is 9.89. The van der Waals surface area contributed by atoms with Gasteiger partial charge in [0.05, 0.1) is 13.7 Å². The second-order valence-corrected chi connectivity index (χ2v) is 9.71. The van der Waals surface area contributed by atoms with E-state index in [4.69, 9.17) is 14.2 Å². The molecule has 184 valence electrons. The predicted molar refractivity (Wildman–Crippen MR) is 134 cm³/mol. The molecule has 3 rings (SSSR count). The quantitative estimate of drug-likeness (QED) is 0.361. The van der Waals surface area contributed by atoms with Gasteiger partial charge in [-0.1, -0.05) is 0 Å². The van der Waals surface area contributed by atoms with Crippen molar-refractivity contribution < 1.29 is 19.0 Å². The molecule has 0 unspecified atom stereocenters. The minimum Gasteiger partial charge on any atom is -0.493 e. The van der Waals surface area contributed by atoms with Crippen molar-refractivity contribution >= 4 is 13.9 Å². The summed E-state index contributed by atoms with van der Waals surface area (Å²) in [5, 5.41) is 3.63. The first-order valence-corrected chi connectivity index (χ1v) is 12.5. The van der Waals surface area contributed by atoms with Gasteiger partial charge in [-0.2, -0.15) is 0 Å². The van der Waals surface area contributed by atoms with Crippen LogP contribution in [0.2, 0.25) is 0 Å². The highest BCUT2D eigenvalue weighted by atomic mass is 16.5. The number of hydrogen-bond acceptors (Lipinski definition) is 6. The molecule has 1 amide bonds. The Hall–Kier alpha value is -1.77. The zero-order valence-electron chi connectivity index (χ0n) is 21.1. The number of ether oxygens (including phenoxy) is 3. The molecule has 1 saturated carbocycles. The molecule has 2 atom stereocenters. The van der Waals surface area contributed by atoms with E-state index in [1.807, 2.05) is 18.2 Å². The van der Waals surface area contributed by atoms with Crippen molar-refractivity contribution in [3.8, 4) is 11.5 Å². The molecule has 1 N–H and O–H groups in total. The highest BCUT2D eigenvalue weighted by Crippen LogP contribution is 2.31. The van der Waals surface area contributed by atoms with Crippen LogP contribution in [0.25, 0.3) is 0 Å². The summed E-state index contributed by atoms with van der Waals surface area (Å²) in [7, 11) is 5.50. The van der Waals surface area contributed by atoms with Gasteiger partial charge in [-0.05, 0) is 76.7 Å². The van der Waals surface area contributed by atoms with Crippen LogP contribution in [-0.2, 0) is 4.74 Å². The second-order valence-electron chi connectivity index (χ2n) is 9.71. The van der Waals surface area contributed by atoms with Crippen LogP contribution >= 0.6 is 0 Å². The van der Waals surface area contributed by atoms with Gasteiger partial charge in [-0.3, -0.25) is 4.79 Å². The highest BCUT2D eigenvalue weighted by molar-refractivity contribution is 6.04. The van der Waals surface area contributed by atoms with Crippen molar-refractivity contribution in [2.45, 2.75) is 76.5 Å². The molecule has 2 fully saturated rings. The van der Waals surface area contributed by atoms with E-state index in [1.165, 1.54) is 19.3 Å². The van der Waals surface area contributed by atoms with Crippen LogP contribution in [0, 0.1) is 0 Å². The second kappa shape index (κ2) is 12.6. The predicted octanol–water partition coefficient (Wildman–Crippen LogP) is 2.48. The summed E-state index contributed by atoms with van der Waals surface area (Å²) in [4.78, 5) is 18.1. The summed E-state index contributed by atoms with van der Waals surface area (Å²) >= 11 is 0. The van der Waals surface area contributed by atoms with Crippen LogP contribution in [0.4, 0.5) is 0 Å². The van der Waals surface area contributed by atoms with Crippen LogP contribution in [0.5, 0.6) is 11.5 Å². The van der Waals surface area contributed by atoms with Crippen molar-refractivity contribution in [1.29, 1.82) is 0 Å². The minimum absolute atomic E-state index is 0.0571. The van der Waals surface area contributed by atoms with Crippen molar-refractivity contribution in [3.63, 3.8) is 0 Å². The van der Waals surface area contributed by atoms with Gasteiger partial charge in [-0.25, -0.2) is 0 Å². The first-order chi connectivity index (χ1) is 15.9. The van der Waals surface area contributed by atoms with E-state index < -0.39 is 0 Å². The van der Waals surface area contributed by atoms with E-state index in [0.29, 0.717) is 36.3 Å². The maximum absolute atomic E-state index is 13.6. The number of carbonyl (C=O) groups is 1. The molecule has 1 heterocycles. The smallest absolute Gasteiger partial charge is 0.254 e. The fourth-order valence-electron chi connectivity index (χ4n) is 4.79. The molecular formula is C25H42BN3O4. The topological polar surface area (TPSA) is 63.3 Å². The zero-order chi connectivity index (χ0) is 23.8. The maximum Gasteiger partial charge on any atom is 0.254 e. The number of benzene rings is 1. The van der Waals surface area contributed by atoms with E-state index >= 15 is 0 Å². The van der Waals surface area contributed by atoms with Gasteiger partial charge >= 0.3 is 0 Å². The molecule has 0 spiro atoms. The van der Waals surface area contributed by atoms with Crippen LogP contribution in [0.1, 0.15) is 62.7 Å². The fourth-order valence-corrected chi connectivity index (χ4v) is 4.79. The number of amides is 1. The van der Waals surface area contributed by atoms with Gasteiger partial charge in [-0.15, -0.1) is 0 Å². The Balaban J connectivity index is 1.64. The summed E-state index contributed by atoms with van der Waals surface area (Å²) in [6.45, 7) is 7.37. The van der Waals surface area contributed by atoms with Gasteiger partial charge in [0, 0.05) is 50.4 Å². The molecule has 8 heteroatoms. The summed E-state index contributed by atoms with van der Waals surface area (Å²) < 4.78 is 16.4. The molecule has 1 aromatic rings. The third-order valence-electron chi connectivity index (χ3n) is 6.79. The van der Waals surface area contributed by atoms with Gasteiger partial charge in [0.1, 0.15) is 0 Å². The number of nitrogens with one attached hydrogen (secondary N) is 1. The summed E-state index contributed by atoms with van der Waals surface area (Å²) in [5.74, 6) is 1.30. The highest BCUT2D eigenvalue weighted by Gasteiger charge is 2.33. The SMILES string of the molecule is BN1C[C@H](N(C(=O)c2ccc(OC)c(OCCCOC)c2)C(C)C)CC[C@@H]1CCNC1CC1. The van der Waals surface area contributed by atoms with Crippen molar-refractivity contribution in [2.24, 2.45) is 0 Å². The fraction of sp³-hybridized carbons (Fsp3) is 0.720. The Bertz CT molecular complexity index is 759. The first-order valence-electron chi connectivity index (χ1n) is 12.5. The van der Waals surface area contributed by atoms with E-state index in [-0.39, 0.29) is 18.0 Å². The Morgan fingerprint density at radius 3 is 2.61 bits per heavy atom. The van der Waals surface area contributed by atoms with Crippen molar-refractivity contribution in [3.05, 3.63) is 23.8 Å². The maximum atomic E-state index is 13.6. The lowest BCUT2D eigenvalue weighted by Gasteiger charge is -2.44. The van der Waals surface area contributed by atoms with Crippen LogP contribution in [0.15, 0.2) is 18.2 Å². The third kappa shape index (κ3) is 7.36. The summed E-state index contributed by atoms with van der Waals surface area (Å²) in [5.41, 5.74) is 0.643. The van der Waals surface area contributed by atoms with Crippen LogP contribution in [0.3, 0.4) is 0 Å². The van der Waals surface area contributed by atoms with Gasteiger partial charge in [0.2, 0.25) is 0 Å². The lowest BCUT2D eigenvalue weighted by molar-refractivity contribution is 0.0474. The number of rotatable bonds is 13. The molecular weight excluding hydrogens is 417 g/mol. The standard InChI is InChI=1S/C25H42BN3O4/c1-18(2)29(22-10-9-21(28(26)17-22)12-13-27-20-7-8-20)25(30)19-6-11-23(32-4)24(16-19)33-15-5-14-31-3/h6,11,16,18,20-22,27H,5,7-10,12-15,17,26H2,1-4H3/t21-,22-/m1/s1. The largest absolute Gasteiger partial charge is 0.493 e. The Labute approximate surface area is 200 Å². The van der Waals surface area contributed by atoms with Gasteiger partial charge in [0.15, 0.2) is 19.5 Å². The molecule has 0 aromatic heterocycles. The van der Waals surface area contributed by atoms with E-state index in [0.717, 1.165) is 38.4 Å². The summed E-state index contributed by atoms with van der Waals surface area (Å²) in [6, 6.07) is 7.18. The van der Waals surface area contributed by atoms with Crippen molar-refractivity contribution in [2.75, 3.05) is 40.5 Å². The number of piperidine rings is 1. The molecule has 33 heavy (non-hydrogen) atoms.